The minimum absolute atomic E-state index is 0.0341. The number of ether oxygens (including phenoxy) is 2. The molecule has 3 fully saturated rings. The van der Waals surface area contributed by atoms with E-state index in [0.717, 1.165) is 31.0 Å². The molecular formula is C40H49F2N4O4+. The number of carbonyl (C=O) groups excluding carboxylic acids is 1. The Morgan fingerprint density at radius 3 is 2.20 bits per heavy atom. The molecule has 10 heteroatoms. The number of aromatic nitrogens is 1. The van der Waals surface area contributed by atoms with Gasteiger partial charge in [0.15, 0.2) is 0 Å². The van der Waals surface area contributed by atoms with E-state index in [-0.39, 0.29) is 17.8 Å². The number of fused-ring (bicyclic) bond motifs is 4. The Hall–Kier alpha value is -4.28. The zero-order chi connectivity index (χ0) is 35.1. The number of hydrogen-bond donors (Lipinski definition) is 0. The van der Waals surface area contributed by atoms with Crippen LogP contribution in [-0.4, -0.2) is 85.4 Å². The normalized spacial score (nSPS) is 18.4. The monoisotopic (exact) mass is 687 g/mol. The zero-order valence-electron chi connectivity index (χ0n) is 29.3. The first-order valence-corrected chi connectivity index (χ1v) is 18.2. The first-order chi connectivity index (χ1) is 24.3. The fraction of sp³-hybridized carbons (Fsp3) is 0.450. The van der Waals surface area contributed by atoms with Crippen LogP contribution in [0.1, 0.15) is 62.7 Å². The van der Waals surface area contributed by atoms with E-state index in [1.807, 2.05) is 37.3 Å². The summed E-state index contributed by atoms with van der Waals surface area (Å²) in [5, 5.41) is 0.323. The summed E-state index contributed by atoms with van der Waals surface area (Å²) < 4.78 is 43.2. The van der Waals surface area contributed by atoms with Crippen molar-refractivity contribution < 1.29 is 27.5 Å². The minimum atomic E-state index is -0.809. The predicted molar refractivity (Wildman–Crippen MR) is 194 cm³/mol. The van der Waals surface area contributed by atoms with Gasteiger partial charge in [-0.05, 0) is 69.5 Å². The maximum atomic E-state index is 14.1. The second-order valence-electron chi connectivity index (χ2n) is 13.6. The highest BCUT2D eigenvalue weighted by molar-refractivity contribution is 6.07. The van der Waals surface area contributed by atoms with Gasteiger partial charge in [0, 0.05) is 67.3 Å². The number of pyridine rings is 1. The third kappa shape index (κ3) is 8.19. The summed E-state index contributed by atoms with van der Waals surface area (Å²) in [6.45, 7) is 13.9. The van der Waals surface area contributed by atoms with Gasteiger partial charge in [0.2, 0.25) is 5.43 Å². The molecule has 1 amide bonds. The van der Waals surface area contributed by atoms with Crippen molar-refractivity contribution in [3.8, 4) is 17.2 Å². The average Bonchev–Trinajstić information content (AvgIpc) is 3.12. The lowest BCUT2D eigenvalue weighted by molar-refractivity contribution is -0.941. The van der Waals surface area contributed by atoms with Crippen molar-refractivity contribution >= 4 is 22.5 Å². The number of anilines is 1. The third-order valence-electron chi connectivity index (χ3n) is 10.3. The van der Waals surface area contributed by atoms with Gasteiger partial charge in [0.1, 0.15) is 28.7 Å². The molecule has 0 atom stereocenters. The fourth-order valence-corrected chi connectivity index (χ4v) is 7.45. The van der Waals surface area contributed by atoms with Gasteiger partial charge in [-0.3, -0.25) is 14.5 Å². The molecule has 2 bridgehead atoms. The Kier molecular flexibility index (Phi) is 11.5. The van der Waals surface area contributed by atoms with Crippen molar-refractivity contribution in [1.29, 1.82) is 0 Å². The van der Waals surface area contributed by atoms with E-state index < -0.39 is 23.0 Å². The molecule has 0 N–H and O–H groups in total. The highest BCUT2D eigenvalue weighted by Crippen LogP contribution is 2.27. The van der Waals surface area contributed by atoms with Crippen LogP contribution in [-0.2, 0) is 0 Å². The standard InChI is InChI=1S/C40H49F2N4O4/c1-3-44(33-25-30(41)24-31(42)26-33)40(48)37-29-45(32-12-11-13-34(27-32)49-4-2)38-28-35(14-15-36(38)39(37)47)50-23-10-8-6-5-7-9-19-46-20-16-43(17-21-46)18-22-46/h11-15,24-29H,3-10,16-23H2,1-2H3/q+1. The number of unbranched alkanes of at least 4 members (excludes halogenated alkanes) is 5. The SMILES string of the molecule is CCOc1cccc(-n2cc(C(=O)N(CC)c3cc(F)cc(F)c3)c(=O)c3ccc(OCCCCCCCC[N+]45CCN(CC4)CC5)cc32)c1. The fourth-order valence-electron chi connectivity index (χ4n) is 7.45. The van der Waals surface area contributed by atoms with Crippen molar-refractivity contribution in [1.82, 2.24) is 9.47 Å². The van der Waals surface area contributed by atoms with Crippen molar-refractivity contribution in [3.63, 3.8) is 0 Å². The molecule has 3 aliphatic heterocycles. The molecule has 4 aromatic rings. The van der Waals surface area contributed by atoms with Crippen LogP contribution in [0.15, 0.2) is 71.7 Å². The summed E-state index contributed by atoms with van der Waals surface area (Å²) in [7, 11) is 0. The van der Waals surface area contributed by atoms with Gasteiger partial charge in [-0.15, -0.1) is 0 Å². The first kappa shape index (κ1) is 35.5. The lowest BCUT2D eigenvalue weighted by Gasteiger charge is -2.50. The van der Waals surface area contributed by atoms with Crippen molar-refractivity contribution in [2.75, 3.05) is 70.5 Å². The van der Waals surface area contributed by atoms with E-state index >= 15 is 0 Å². The van der Waals surface area contributed by atoms with Crippen LogP contribution in [0.2, 0.25) is 0 Å². The Bertz CT molecular complexity index is 1820. The summed E-state index contributed by atoms with van der Waals surface area (Å²) in [4.78, 5) is 31.6. The van der Waals surface area contributed by atoms with E-state index in [4.69, 9.17) is 9.47 Å². The van der Waals surface area contributed by atoms with E-state index in [1.54, 1.807) is 23.6 Å². The number of amides is 1. The highest BCUT2D eigenvalue weighted by Gasteiger charge is 2.37. The summed E-state index contributed by atoms with van der Waals surface area (Å²) in [5.41, 5.74) is 0.684. The quantitative estimate of drug-likeness (QED) is 0.0922. The molecule has 3 aliphatic rings. The summed E-state index contributed by atoms with van der Waals surface area (Å²) in [6, 6.07) is 15.6. The van der Waals surface area contributed by atoms with Crippen molar-refractivity contribution in [2.24, 2.45) is 0 Å². The number of benzene rings is 3. The Balaban J connectivity index is 1.15. The molecule has 0 radical (unpaired) electrons. The first-order valence-electron chi connectivity index (χ1n) is 18.2. The molecule has 1 aromatic heterocycles. The van der Waals surface area contributed by atoms with Crippen molar-refractivity contribution in [2.45, 2.75) is 52.4 Å². The Morgan fingerprint density at radius 1 is 0.820 bits per heavy atom. The Morgan fingerprint density at radius 2 is 1.50 bits per heavy atom. The summed E-state index contributed by atoms with van der Waals surface area (Å²) >= 11 is 0. The molecular weight excluding hydrogens is 638 g/mol. The van der Waals surface area contributed by atoms with Crippen molar-refractivity contribution in [3.05, 3.63) is 94.3 Å². The van der Waals surface area contributed by atoms with E-state index in [1.165, 1.54) is 87.1 Å². The molecule has 266 valence electrons. The average molecular weight is 688 g/mol. The van der Waals surface area contributed by atoms with Crippen LogP contribution in [0.25, 0.3) is 16.6 Å². The van der Waals surface area contributed by atoms with Gasteiger partial charge in [0.25, 0.3) is 5.91 Å². The molecule has 0 saturated carbocycles. The van der Waals surface area contributed by atoms with Crippen LogP contribution in [0.4, 0.5) is 14.5 Å². The molecule has 0 unspecified atom stereocenters. The Labute approximate surface area is 293 Å². The minimum Gasteiger partial charge on any atom is -0.494 e. The number of carbonyl (C=O) groups is 1. The number of rotatable bonds is 16. The maximum Gasteiger partial charge on any atom is 0.263 e. The number of nitrogens with zero attached hydrogens (tertiary/aromatic N) is 4. The highest BCUT2D eigenvalue weighted by atomic mass is 19.1. The van der Waals surface area contributed by atoms with Crippen LogP contribution < -0.4 is 19.8 Å². The molecule has 0 spiro atoms. The number of piperazine rings is 3. The molecule has 3 saturated heterocycles. The second-order valence-corrected chi connectivity index (χ2v) is 13.6. The van der Waals surface area contributed by atoms with E-state index in [9.17, 15) is 18.4 Å². The predicted octanol–water partition coefficient (Wildman–Crippen LogP) is 7.20. The molecule has 50 heavy (non-hydrogen) atoms. The van der Waals surface area contributed by atoms with Gasteiger partial charge >= 0.3 is 0 Å². The van der Waals surface area contributed by atoms with Gasteiger partial charge in [-0.1, -0.05) is 25.3 Å². The number of halogens is 2. The van der Waals surface area contributed by atoms with Crippen LogP contribution in [0, 0.1) is 11.6 Å². The van der Waals surface area contributed by atoms with Crippen LogP contribution in [0.3, 0.4) is 0 Å². The lowest BCUT2D eigenvalue weighted by atomic mass is 10.1. The molecule has 4 heterocycles. The van der Waals surface area contributed by atoms with Gasteiger partial charge in [0.05, 0.1) is 44.9 Å². The topological polar surface area (TPSA) is 64.0 Å². The second kappa shape index (κ2) is 16.2. The zero-order valence-corrected chi connectivity index (χ0v) is 29.3. The lowest BCUT2D eigenvalue weighted by Crippen LogP contribution is -2.67. The number of hydrogen-bond acceptors (Lipinski definition) is 5. The van der Waals surface area contributed by atoms with Crippen LogP contribution >= 0.6 is 0 Å². The maximum absolute atomic E-state index is 14.1. The van der Waals surface area contributed by atoms with E-state index in [0.29, 0.717) is 41.3 Å². The van der Waals surface area contributed by atoms with Gasteiger partial charge in [-0.2, -0.15) is 0 Å². The van der Waals surface area contributed by atoms with Crippen LogP contribution in [0.5, 0.6) is 11.5 Å². The van der Waals surface area contributed by atoms with E-state index in [2.05, 4.69) is 4.90 Å². The molecule has 7 rings (SSSR count). The molecule has 0 aliphatic carbocycles. The summed E-state index contributed by atoms with van der Waals surface area (Å²) in [6.07, 6.45) is 8.59. The third-order valence-corrected chi connectivity index (χ3v) is 10.3. The smallest absolute Gasteiger partial charge is 0.263 e. The van der Waals surface area contributed by atoms with Gasteiger partial charge < -0.3 is 23.4 Å². The molecule has 3 aromatic carbocycles. The number of quaternary nitrogens is 1. The summed E-state index contributed by atoms with van der Waals surface area (Å²) in [5.74, 6) is -1.00. The largest absolute Gasteiger partial charge is 0.494 e. The van der Waals surface area contributed by atoms with Gasteiger partial charge in [-0.25, -0.2) is 8.78 Å². The molecule has 8 nitrogen and oxygen atoms in total.